The lowest BCUT2D eigenvalue weighted by Crippen LogP contribution is -2.31. The second kappa shape index (κ2) is 19.4. The normalized spacial score (nSPS) is 16.9. The first-order chi connectivity index (χ1) is 26.3. The molecule has 5 aromatic rings. The molecular formula is C42H48N6O5S. The van der Waals surface area contributed by atoms with Crippen LogP contribution in [0.2, 0.25) is 0 Å². The van der Waals surface area contributed by atoms with Gasteiger partial charge < -0.3 is 35.5 Å². The summed E-state index contributed by atoms with van der Waals surface area (Å²) in [4.78, 5) is 24.8. The minimum Gasteiger partial charge on any atom is -0.397 e. The van der Waals surface area contributed by atoms with Crippen LogP contribution in [0.25, 0.3) is 11.1 Å². The summed E-state index contributed by atoms with van der Waals surface area (Å²) in [6, 6.07) is 31.5. The molecule has 0 radical (unpaired) electrons. The van der Waals surface area contributed by atoms with Crippen molar-refractivity contribution in [2.75, 3.05) is 16.8 Å². The summed E-state index contributed by atoms with van der Waals surface area (Å²) in [6.45, 7) is 0.447. The fourth-order valence-electron chi connectivity index (χ4n) is 6.32. The molecule has 5 N–H and O–H groups in total. The minimum absolute atomic E-state index is 0.00338. The lowest BCUT2D eigenvalue weighted by atomic mass is 9.99. The lowest BCUT2D eigenvalue weighted by molar-refractivity contribution is -0.245. The average molecular weight is 749 g/mol. The number of hydrogen-bond donors (Lipinski definition) is 4. The number of ether oxygens (including phenoxy) is 2. The van der Waals surface area contributed by atoms with Gasteiger partial charge in [-0.3, -0.25) is 9.59 Å². The summed E-state index contributed by atoms with van der Waals surface area (Å²) in [5.74, 6) is 0.669. The SMILES string of the molecule is Cn1cnnc1SC[C@H]1C[C@@H](c2ccc(CO)cc2)O[C@@H](c2ccc(-c3cccc(CNC(=O)CCCCCCC(=O)Nc4ccccc4N)c3)cc2)O1. The van der Waals surface area contributed by atoms with Crippen molar-refractivity contribution in [1.82, 2.24) is 20.1 Å². The predicted molar refractivity (Wildman–Crippen MR) is 211 cm³/mol. The number of nitrogens with two attached hydrogens (primary N) is 1. The van der Waals surface area contributed by atoms with Crippen molar-refractivity contribution in [2.24, 2.45) is 7.05 Å². The second-order valence-corrected chi connectivity index (χ2v) is 14.5. The number of carbonyl (C=O) groups is 2. The number of carbonyl (C=O) groups excluding carboxylic acids is 2. The molecule has 4 aromatic carbocycles. The number of aliphatic hydroxyl groups is 1. The molecule has 0 aliphatic carbocycles. The Morgan fingerprint density at radius 1 is 0.852 bits per heavy atom. The van der Waals surface area contributed by atoms with Crippen LogP contribution in [-0.4, -0.2) is 43.5 Å². The summed E-state index contributed by atoms with van der Waals surface area (Å²) in [6.07, 6.45) is 5.75. The number of benzene rings is 4. The Labute approximate surface area is 320 Å². The van der Waals surface area contributed by atoms with E-state index in [1.807, 2.05) is 72.3 Å². The highest BCUT2D eigenvalue weighted by molar-refractivity contribution is 7.99. The lowest BCUT2D eigenvalue weighted by Gasteiger charge is -2.36. The van der Waals surface area contributed by atoms with Crippen LogP contribution >= 0.6 is 11.8 Å². The molecule has 0 saturated carbocycles. The average Bonchev–Trinajstić information content (AvgIpc) is 3.62. The van der Waals surface area contributed by atoms with Crippen LogP contribution in [0.5, 0.6) is 0 Å². The topological polar surface area (TPSA) is 154 Å². The molecule has 1 saturated heterocycles. The van der Waals surface area contributed by atoms with Crippen LogP contribution < -0.4 is 16.4 Å². The van der Waals surface area contributed by atoms with E-state index in [1.165, 1.54) is 0 Å². The second-order valence-electron chi connectivity index (χ2n) is 13.5. The molecular weight excluding hydrogens is 701 g/mol. The molecule has 0 spiro atoms. The van der Waals surface area contributed by atoms with E-state index in [9.17, 15) is 14.7 Å². The highest BCUT2D eigenvalue weighted by Gasteiger charge is 2.32. The van der Waals surface area contributed by atoms with E-state index in [4.69, 9.17) is 15.2 Å². The first-order valence-electron chi connectivity index (χ1n) is 18.4. The van der Waals surface area contributed by atoms with Gasteiger partial charge in [0.25, 0.3) is 0 Å². The molecule has 2 amide bonds. The van der Waals surface area contributed by atoms with Crippen molar-refractivity contribution in [2.45, 2.75) is 81.8 Å². The molecule has 1 aliphatic heterocycles. The van der Waals surface area contributed by atoms with Crippen molar-refractivity contribution in [3.05, 3.63) is 126 Å². The largest absolute Gasteiger partial charge is 0.397 e. The number of unbranched alkanes of at least 4 members (excludes halogenated alkanes) is 3. The third-order valence-electron chi connectivity index (χ3n) is 9.41. The van der Waals surface area contributed by atoms with E-state index < -0.39 is 6.29 Å². The number of nitrogens with zero attached hydrogens (tertiary/aromatic N) is 3. The van der Waals surface area contributed by atoms with Gasteiger partial charge in [-0.15, -0.1) is 10.2 Å². The van der Waals surface area contributed by atoms with Crippen LogP contribution in [0.3, 0.4) is 0 Å². The zero-order valence-corrected chi connectivity index (χ0v) is 31.3. The van der Waals surface area contributed by atoms with Crippen LogP contribution in [0, 0.1) is 0 Å². The standard InChI is InChI=1S/C42H48N6O5S/c1-48-28-45-47-42(48)54-27-35-24-38(32-17-15-29(26-49)16-18-32)53-41(52-35)33-21-19-31(20-22-33)34-10-8-9-30(23-34)25-44-39(50)13-4-2-3-5-14-40(51)46-37-12-7-6-11-36(37)43/h6-12,15-23,28,35,38,41,49H,2-5,13-14,24-27,43H2,1H3,(H,44,50)(H,46,51)/t35-,38+,41+/m1/s1. The fraction of sp³-hybridized carbons (Fsp3) is 0.333. The molecule has 2 heterocycles. The van der Waals surface area contributed by atoms with Gasteiger partial charge in [-0.1, -0.05) is 103 Å². The Balaban J connectivity index is 0.976. The maximum atomic E-state index is 12.6. The number of anilines is 2. The van der Waals surface area contributed by atoms with Crippen LogP contribution in [0.4, 0.5) is 11.4 Å². The Morgan fingerprint density at radius 2 is 1.59 bits per heavy atom. The van der Waals surface area contributed by atoms with Gasteiger partial charge in [0, 0.05) is 44.2 Å². The Bertz CT molecular complexity index is 1970. The van der Waals surface area contributed by atoms with Gasteiger partial charge in [0.15, 0.2) is 11.4 Å². The first kappa shape index (κ1) is 38.7. The quantitative estimate of drug-likeness (QED) is 0.0430. The third kappa shape index (κ3) is 11.0. The van der Waals surface area contributed by atoms with E-state index in [1.54, 1.807) is 30.2 Å². The number of thioether (sulfide) groups is 1. The highest BCUT2D eigenvalue weighted by Crippen LogP contribution is 2.39. The summed E-state index contributed by atoms with van der Waals surface area (Å²) < 4.78 is 14.9. The smallest absolute Gasteiger partial charge is 0.224 e. The number of aromatic nitrogens is 3. The summed E-state index contributed by atoms with van der Waals surface area (Å²) >= 11 is 1.61. The number of hydrogen-bond acceptors (Lipinski definition) is 9. The molecule has 3 atom stereocenters. The number of para-hydroxylation sites is 2. The van der Waals surface area contributed by atoms with Crippen LogP contribution in [0.1, 0.15) is 79.6 Å². The van der Waals surface area contributed by atoms with Crippen molar-refractivity contribution in [3.8, 4) is 11.1 Å². The molecule has 282 valence electrons. The minimum atomic E-state index is -0.555. The number of nitrogen functional groups attached to an aromatic ring is 1. The monoisotopic (exact) mass is 748 g/mol. The van der Waals surface area contributed by atoms with Crippen molar-refractivity contribution < 1.29 is 24.2 Å². The maximum Gasteiger partial charge on any atom is 0.224 e. The first-order valence-corrected chi connectivity index (χ1v) is 19.4. The van der Waals surface area contributed by atoms with E-state index in [0.717, 1.165) is 64.2 Å². The highest BCUT2D eigenvalue weighted by atomic mass is 32.2. The van der Waals surface area contributed by atoms with Crippen molar-refractivity contribution in [3.63, 3.8) is 0 Å². The van der Waals surface area contributed by atoms with E-state index >= 15 is 0 Å². The zero-order valence-electron chi connectivity index (χ0n) is 30.5. The summed E-state index contributed by atoms with van der Waals surface area (Å²) in [5, 5.41) is 24.5. The van der Waals surface area contributed by atoms with E-state index in [0.29, 0.717) is 42.9 Å². The molecule has 1 fully saturated rings. The molecule has 12 heteroatoms. The summed E-state index contributed by atoms with van der Waals surface area (Å²) in [7, 11) is 1.93. The zero-order chi connectivity index (χ0) is 37.7. The maximum absolute atomic E-state index is 12.6. The summed E-state index contributed by atoms with van der Waals surface area (Å²) in [5.41, 5.74) is 13.0. The molecule has 6 rings (SSSR count). The number of aryl methyl sites for hydroxylation is 1. The van der Waals surface area contributed by atoms with Gasteiger partial charge >= 0.3 is 0 Å². The third-order valence-corrected chi connectivity index (χ3v) is 10.6. The van der Waals surface area contributed by atoms with E-state index in [2.05, 4.69) is 45.1 Å². The van der Waals surface area contributed by atoms with Crippen LogP contribution in [-0.2, 0) is 39.3 Å². The van der Waals surface area contributed by atoms with Crippen molar-refractivity contribution >= 4 is 35.0 Å². The molecule has 1 aliphatic rings. The number of amides is 2. The number of nitrogens with one attached hydrogen (secondary N) is 2. The Hall–Kier alpha value is -5.01. The van der Waals surface area contributed by atoms with Gasteiger partial charge in [0.1, 0.15) is 6.33 Å². The van der Waals surface area contributed by atoms with Gasteiger partial charge in [0.05, 0.1) is 30.2 Å². The fourth-order valence-corrected chi connectivity index (χ4v) is 7.23. The molecule has 0 bridgehead atoms. The Kier molecular flexibility index (Phi) is 13.9. The predicted octanol–water partition coefficient (Wildman–Crippen LogP) is 7.49. The van der Waals surface area contributed by atoms with E-state index in [-0.39, 0.29) is 30.6 Å². The van der Waals surface area contributed by atoms with Crippen molar-refractivity contribution in [1.29, 1.82) is 0 Å². The van der Waals surface area contributed by atoms with Gasteiger partial charge in [0.2, 0.25) is 11.8 Å². The van der Waals surface area contributed by atoms with Gasteiger partial charge in [-0.2, -0.15) is 0 Å². The molecule has 54 heavy (non-hydrogen) atoms. The molecule has 1 aromatic heterocycles. The van der Waals surface area contributed by atoms with Crippen LogP contribution in [0.15, 0.2) is 109 Å². The Morgan fingerprint density at radius 3 is 2.31 bits per heavy atom. The number of rotatable bonds is 17. The van der Waals surface area contributed by atoms with Gasteiger partial charge in [-0.25, -0.2) is 0 Å². The molecule has 0 unspecified atom stereocenters. The molecule has 11 nitrogen and oxygen atoms in total. The van der Waals surface area contributed by atoms with Gasteiger partial charge in [-0.05, 0) is 58.9 Å². The number of aliphatic hydroxyl groups excluding tert-OH is 1.